The molecule has 22 heavy (non-hydrogen) atoms. The molecule has 0 aromatic heterocycles. The van der Waals surface area contributed by atoms with Gasteiger partial charge < -0.3 is 0 Å². The fourth-order valence-corrected chi connectivity index (χ4v) is 0.941. The van der Waals surface area contributed by atoms with Crippen LogP contribution in [0, 0.1) is 0 Å². The summed E-state index contributed by atoms with van der Waals surface area (Å²) in [6.07, 6.45) is -16.8. The average molecular weight is 364 g/mol. The second-order valence-corrected chi connectivity index (χ2v) is 3.63. The first kappa shape index (κ1) is 20.8. The fourth-order valence-electron chi connectivity index (χ4n) is 0.941. The second kappa shape index (κ2) is 5.76. The molecule has 0 saturated carbocycles. The molecule has 1 atom stereocenters. The smallest absolute Gasteiger partial charge is 0.234 e. The van der Waals surface area contributed by atoms with Gasteiger partial charge in [0.15, 0.2) is 0 Å². The molecule has 0 saturated heterocycles. The lowest BCUT2D eigenvalue weighted by molar-refractivity contribution is -0.327. The highest BCUT2D eigenvalue weighted by Gasteiger charge is 2.78. The van der Waals surface area contributed by atoms with Crippen molar-refractivity contribution in [3.05, 3.63) is 11.7 Å². The highest BCUT2D eigenvalue weighted by atomic mass is 19.4. The Kier molecular flexibility index (Phi) is 5.43. The first-order chi connectivity index (χ1) is 9.42. The Balaban J connectivity index is 6.08. The van der Waals surface area contributed by atoms with E-state index in [9.17, 15) is 61.5 Å². The van der Waals surface area contributed by atoms with E-state index in [0.29, 0.717) is 0 Å². The van der Waals surface area contributed by atoms with Gasteiger partial charge in [0.2, 0.25) is 17.8 Å². The molecule has 0 aromatic rings. The minimum atomic E-state index is -7.43. The van der Waals surface area contributed by atoms with Crippen molar-refractivity contribution in [3.8, 4) is 0 Å². The Morgan fingerprint density at radius 3 is 1.27 bits per heavy atom. The van der Waals surface area contributed by atoms with E-state index in [1.54, 1.807) is 0 Å². The molecule has 0 heterocycles. The summed E-state index contributed by atoms with van der Waals surface area (Å²) >= 11 is 0. The molecule has 0 radical (unpaired) electrons. The van der Waals surface area contributed by atoms with Crippen LogP contribution in [0.1, 0.15) is 0 Å². The summed E-state index contributed by atoms with van der Waals surface area (Å²) in [5.41, 5.74) is 0. The third-order valence-corrected chi connectivity index (χ3v) is 2.10. The summed E-state index contributed by atoms with van der Waals surface area (Å²) in [4.78, 5) is 0. The van der Waals surface area contributed by atoms with Crippen molar-refractivity contribution in [1.29, 1.82) is 0 Å². The van der Waals surface area contributed by atoms with Crippen molar-refractivity contribution < 1.29 is 61.5 Å². The lowest BCUT2D eigenvalue weighted by atomic mass is 9.99. The predicted octanol–water partition coefficient (Wildman–Crippen LogP) is 5.21. The summed E-state index contributed by atoms with van der Waals surface area (Å²) in [5.74, 6) is -30.9. The van der Waals surface area contributed by atoms with Crippen LogP contribution in [-0.4, -0.2) is 36.5 Å². The van der Waals surface area contributed by atoms with Crippen LogP contribution >= 0.6 is 0 Å². The molecule has 0 rings (SSSR count). The van der Waals surface area contributed by atoms with E-state index in [0.717, 1.165) is 0 Å². The van der Waals surface area contributed by atoms with Gasteiger partial charge in [0.05, 0.1) is 0 Å². The molecule has 14 heteroatoms. The Hall–Kier alpha value is -1.24. The topological polar surface area (TPSA) is 0 Å². The first-order valence-electron chi connectivity index (χ1n) is 4.61. The molecular weight excluding hydrogens is 362 g/mol. The van der Waals surface area contributed by atoms with Gasteiger partial charge in [-0.2, -0.15) is 43.9 Å². The SMILES string of the molecule is FC(=C(F)C(F)(F)C(F)(F)C(F)(F)C(F)C(F)F)C(F)(F)F. The summed E-state index contributed by atoms with van der Waals surface area (Å²) in [6.45, 7) is 0. The predicted molar refractivity (Wildman–Crippen MR) is 41.0 cm³/mol. The molecular formula is C8H2F14. The van der Waals surface area contributed by atoms with Crippen LogP contribution in [0.15, 0.2) is 11.7 Å². The molecule has 1 unspecified atom stereocenters. The summed E-state index contributed by atoms with van der Waals surface area (Å²) in [6, 6.07) is 0. The average Bonchev–Trinajstić information content (AvgIpc) is 2.33. The maximum absolute atomic E-state index is 12.7. The zero-order valence-corrected chi connectivity index (χ0v) is 9.45. The molecule has 0 aliphatic heterocycles. The van der Waals surface area contributed by atoms with Crippen molar-refractivity contribution in [3.63, 3.8) is 0 Å². The lowest BCUT2D eigenvalue weighted by Gasteiger charge is -2.33. The minimum Gasteiger partial charge on any atom is -0.234 e. The summed E-state index contributed by atoms with van der Waals surface area (Å²) in [7, 11) is 0. The van der Waals surface area contributed by atoms with E-state index in [2.05, 4.69) is 0 Å². The highest BCUT2D eigenvalue weighted by Crippen LogP contribution is 2.53. The fraction of sp³-hybridized carbons (Fsp3) is 0.750. The highest BCUT2D eigenvalue weighted by molar-refractivity contribution is 5.20. The summed E-state index contributed by atoms with van der Waals surface area (Å²) in [5, 5.41) is 0. The zero-order chi connectivity index (χ0) is 18.3. The van der Waals surface area contributed by atoms with E-state index >= 15 is 0 Å². The molecule has 132 valence electrons. The molecule has 0 N–H and O–H groups in total. The van der Waals surface area contributed by atoms with Crippen LogP contribution < -0.4 is 0 Å². The van der Waals surface area contributed by atoms with Crippen LogP contribution in [-0.2, 0) is 0 Å². The van der Waals surface area contributed by atoms with Gasteiger partial charge in [-0.25, -0.2) is 17.6 Å². The first-order valence-corrected chi connectivity index (χ1v) is 4.61. The van der Waals surface area contributed by atoms with Gasteiger partial charge in [-0.05, 0) is 0 Å². The standard InChI is InChI=1S/C8H2F14/c9-1(2(10)7(18,19)20)5(14,15)8(21,22)6(16,17)3(11)4(12)13/h3-4H. The number of hydrogen-bond acceptors (Lipinski definition) is 0. The van der Waals surface area contributed by atoms with Gasteiger partial charge >= 0.3 is 23.9 Å². The second-order valence-electron chi connectivity index (χ2n) is 3.63. The van der Waals surface area contributed by atoms with Crippen LogP contribution in [0.4, 0.5) is 61.5 Å². The van der Waals surface area contributed by atoms with Crippen LogP contribution in [0.2, 0.25) is 0 Å². The number of allylic oxidation sites excluding steroid dienone is 2. The van der Waals surface area contributed by atoms with E-state index in [1.807, 2.05) is 0 Å². The van der Waals surface area contributed by atoms with E-state index in [4.69, 9.17) is 0 Å². The van der Waals surface area contributed by atoms with Gasteiger partial charge in [0.25, 0.3) is 6.43 Å². The Morgan fingerprint density at radius 1 is 0.636 bits per heavy atom. The number of halogens is 14. The quantitative estimate of drug-likeness (QED) is 0.588. The molecule has 0 aromatic carbocycles. The molecule has 0 bridgehead atoms. The largest absolute Gasteiger partial charge is 0.445 e. The minimum absolute atomic E-state index is 4.50. The third kappa shape index (κ3) is 3.24. The summed E-state index contributed by atoms with van der Waals surface area (Å²) < 4.78 is 171. The van der Waals surface area contributed by atoms with Gasteiger partial charge in [-0.3, -0.25) is 0 Å². The van der Waals surface area contributed by atoms with Crippen molar-refractivity contribution >= 4 is 0 Å². The van der Waals surface area contributed by atoms with Crippen molar-refractivity contribution in [2.45, 2.75) is 36.5 Å². The van der Waals surface area contributed by atoms with Gasteiger partial charge in [-0.1, -0.05) is 0 Å². The Labute approximate surface area is 111 Å². The van der Waals surface area contributed by atoms with Crippen LogP contribution in [0.25, 0.3) is 0 Å². The normalized spacial score (nSPS) is 17.6. The molecule has 0 aliphatic carbocycles. The van der Waals surface area contributed by atoms with Gasteiger partial charge in [0.1, 0.15) is 0 Å². The van der Waals surface area contributed by atoms with Crippen LogP contribution in [0.3, 0.4) is 0 Å². The van der Waals surface area contributed by atoms with Gasteiger partial charge in [0, 0.05) is 0 Å². The zero-order valence-electron chi connectivity index (χ0n) is 9.45. The van der Waals surface area contributed by atoms with Gasteiger partial charge in [-0.15, -0.1) is 0 Å². The van der Waals surface area contributed by atoms with E-state index in [-0.39, 0.29) is 0 Å². The molecule has 0 fully saturated rings. The maximum atomic E-state index is 12.7. The van der Waals surface area contributed by atoms with Crippen molar-refractivity contribution in [1.82, 2.24) is 0 Å². The van der Waals surface area contributed by atoms with E-state index < -0.39 is 48.2 Å². The monoisotopic (exact) mass is 364 g/mol. The number of alkyl halides is 12. The Morgan fingerprint density at radius 2 is 1.00 bits per heavy atom. The van der Waals surface area contributed by atoms with Crippen molar-refractivity contribution in [2.24, 2.45) is 0 Å². The molecule has 0 nitrogen and oxygen atoms in total. The van der Waals surface area contributed by atoms with Crippen LogP contribution in [0.5, 0.6) is 0 Å². The molecule has 0 aliphatic rings. The third-order valence-electron chi connectivity index (χ3n) is 2.10. The lowest BCUT2D eigenvalue weighted by Crippen LogP contribution is -2.60. The van der Waals surface area contributed by atoms with Crippen molar-refractivity contribution in [2.75, 3.05) is 0 Å². The maximum Gasteiger partial charge on any atom is 0.445 e. The number of hydrogen-bond donors (Lipinski definition) is 0. The number of rotatable bonds is 5. The molecule has 0 amide bonds. The Bertz CT molecular complexity index is 429. The molecule has 0 spiro atoms. The van der Waals surface area contributed by atoms with E-state index in [1.165, 1.54) is 0 Å².